The fourth-order valence-electron chi connectivity index (χ4n) is 3.20. The zero-order valence-corrected chi connectivity index (χ0v) is 21.1. The molecular formula is C27H28N4O4S. The second-order valence-electron chi connectivity index (χ2n) is 7.42. The average Bonchev–Trinajstić information content (AvgIpc) is 3.34. The molecular weight excluding hydrogens is 476 g/mol. The fourth-order valence-corrected chi connectivity index (χ4v) is 3.88. The van der Waals surface area contributed by atoms with Crippen molar-refractivity contribution in [2.45, 2.75) is 26.7 Å². The monoisotopic (exact) mass is 504 g/mol. The van der Waals surface area contributed by atoms with Crippen LogP contribution in [0, 0.1) is 11.3 Å². The summed E-state index contributed by atoms with van der Waals surface area (Å²) in [6.45, 7) is 8.69. The van der Waals surface area contributed by atoms with Crippen LogP contribution in [0.15, 0.2) is 60.7 Å². The Bertz CT molecular complexity index is 1260. The number of aryl methyl sites for hydroxylation is 1. The van der Waals surface area contributed by atoms with E-state index >= 15 is 0 Å². The maximum absolute atomic E-state index is 12.5. The highest BCUT2D eigenvalue weighted by molar-refractivity contribution is 7.15. The first-order valence-corrected chi connectivity index (χ1v) is 12.4. The van der Waals surface area contributed by atoms with Crippen molar-refractivity contribution < 1.29 is 19.0 Å². The summed E-state index contributed by atoms with van der Waals surface area (Å²) < 4.78 is 17.5. The van der Waals surface area contributed by atoms with Crippen molar-refractivity contribution in [2.24, 2.45) is 0 Å². The number of ether oxygens (including phenoxy) is 3. The van der Waals surface area contributed by atoms with Crippen molar-refractivity contribution in [2.75, 3.05) is 25.1 Å². The fraction of sp³-hybridized carbons (Fsp3) is 0.259. The average molecular weight is 505 g/mol. The molecule has 0 radical (unpaired) electrons. The lowest BCUT2D eigenvalue weighted by Gasteiger charge is -2.14. The molecule has 0 fully saturated rings. The van der Waals surface area contributed by atoms with Gasteiger partial charge in [-0.25, -0.2) is 0 Å². The molecule has 3 rings (SSSR count). The number of benzene rings is 2. The molecule has 9 heteroatoms. The van der Waals surface area contributed by atoms with Gasteiger partial charge in [0, 0.05) is 0 Å². The molecule has 0 unspecified atom stereocenters. The number of nitriles is 1. The number of carbonyl (C=O) groups excluding carboxylic acids is 1. The summed E-state index contributed by atoms with van der Waals surface area (Å²) in [4.78, 5) is 12.5. The lowest BCUT2D eigenvalue weighted by molar-refractivity contribution is -0.112. The molecule has 3 aromatic rings. The molecule has 0 aliphatic rings. The van der Waals surface area contributed by atoms with Gasteiger partial charge in [-0.2, -0.15) is 5.26 Å². The van der Waals surface area contributed by atoms with Gasteiger partial charge < -0.3 is 14.2 Å². The number of hydrogen-bond donors (Lipinski definition) is 1. The van der Waals surface area contributed by atoms with Gasteiger partial charge in [0.1, 0.15) is 35.6 Å². The van der Waals surface area contributed by atoms with E-state index in [0.717, 1.165) is 29.2 Å². The summed E-state index contributed by atoms with van der Waals surface area (Å²) in [5, 5.41) is 21.2. The lowest BCUT2D eigenvalue weighted by atomic mass is 10.1. The Kier molecular flexibility index (Phi) is 10.0. The quantitative estimate of drug-likeness (QED) is 0.147. The van der Waals surface area contributed by atoms with Gasteiger partial charge in [-0.15, -0.1) is 16.8 Å². The van der Waals surface area contributed by atoms with Crippen LogP contribution in [-0.4, -0.2) is 35.9 Å². The van der Waals surface area contributed by atoms with E-state index in [2.05, 4.69) is 22.1 Å². The predicted molar refractivity (Wildman–Crippen MR) is 140 cm³/mol. The largest absolute Gasteiger partial charge is 0.490 e. The molecule has 0 bridgehead atoms. The number of aromatic nitrogens is 2. The van der Waals surface area contributed by atoms with Crippen LogP contribution in [0.3, 0.4) is 0 Å². The van der Waals surface area contributed by atoms with E-state index in [0.29, 0.717) is 42.0 Å². The van der Waals surface area contributed by atoms with Crippen molar-refractivity contribution in [3.8, 4) is 23.3 Å². The van der Waals surface area contributed by atoms with Crippen LogP contribution in [0.4, 0.5) is 5.13 Å². The molecule has 0 aliphatic carbocycles. The highest BCUT2D eigenvalue weighted by Gasteiger charge is 2.14. The first-order valence-electron chi connectivity index (χ1n) is 11.5. The maximum Gasteiger partial charge on any atom is 0.268 e. The number of nitrogens with zero attached hydrogens (tertiary/aromatic N) is 3. The van der Waals surface area contributed by atoms with Gasteiger partial charge in [0.25, 0.3) is 5.91 Å². The standard InChI is InChI=1S/C27H28N4O4S/c1-4-9-20-10-7-8-11-22(20)34-14-15-35-23-13-12-19(17-24(23)33-6-3)16-21(18-28)26(32)29-27-31-30-25(5-2)36-27/h4,7-8,10-13,16-17H,1,5-6,9,14-15H2,2-3H3,(H,29,31,32)/b21-16-. The summed E-state index contributed by atoms with van der Waals surface area (Å²) >= 11 is 1.28. The van der Waals surface area contributed by atoms with E-state index in [9.17, 15) is 10.1 Å². The van der Waals surface area contributed by atoms with Crippen LogP contribution in [0.5, 0.6) is 17.2 Å². The third-order valence-electron chi connectivity index (χ3n) is 4.87. The number of rotatable bonds is 13. The van der Waals surface area contributed by atoms with Crippen LogP contribution >= 0.6 is 11.3 Å². The number of allylic oxidation sites excluding steroid dienone is 1. The first-order chi connectivity index (χ1) is 17.6. The third kappa shape index (κ3) is 7.42. The van der Waals surface area contributed by atoms with Crippen molar-refractivity contribution in [3.05, 3.63) is 76.8 Å². The Morgan fingerprint density at radius 3 is 2.56 bits per heavy atom. The molecule has 0 saturated heterocycles. The summed E-state index contributed by atoms with van der Waals surface area (Å²) in [7, 11) is 0. The molecule has 0 aliphatic heterocycles. The van der Waals surface area contributed by atoms with Gasteiger partial charge in [-0.1, -0.05) is 48.6 Å². The number of anilines is 1. The highest BCUT2D eigenvalue weighted by atomic mass is 32.1. The second-order valence-corrected chi connectivity index (χ2v) is 8.48. The predicted octanol–water partition coefficient (Wildman–Crippen LogP) is 5.23. The smallest absolute Gasteiger partial charge is 0.268 e. The van der Waals surface area contributed by atoms with Gasteiger partial charge >= 0.3 is 0 Å². The molecule has 1 amide bonds. The molecule has 36 heavy (non-hydrogen) atoms. The Morgan fingerprint density at radius 2 is 1.86 bits per heavy atom. The van der Waals surface area contributed by atoms with E-state index in [1.165, 1.54) is 17.4 Å². The molecule has 8 nitrogen and oxygen atoms in total. The Morgan fingerprint density at radius 1 is 1.08 bits per heavy atom. The molecule has 1 aromatic heterocycles. The summed E-state index contributed by atoms with van der Waals surface area (Å²) in [5.74, 6) is 1.30. The maximum atomic E-state index is 12.5. The van der Waals surface area contributed by atoms with Crippen LogP contribution in [0.2, 0.25) is 0 Å². The third-order valence-corrected chi connectivity index (χ3v) is 5.85. The summed E-state index contributed by atoms with van der Waals surface area (Å²) in [5.41, 5.74) is 1.62. The van der Waals surface area contributed by atoms with Crippen molar-refractivity contribution in [1.29, 1.82) is 5.26 Å². The molecule has 0 saturated carbocycles. The normalized spacial score (nSPS) is 10.9. The SMILES string of the molecule is C=CCc1ccccc1OCCOc1ccc(/C=C(/C#N)C(=O)Nc2nnc(CC)s2)cc1OCC. The molecule has 186 valence electrons. The molecule has 2 aromatic carbocycles. The first kappa shape index (κ1) is 26.4. The highest BCUT2D eigenvalue weighted by Crippen LogP contribution is 2.30. The molecule has 1 heterocycles. The van der Waals surface area contributed by atoms with Gasteiger partial charge in [-0.05, 0) is 55.2 Å². The van der Waals surface area contributed by atoms with Crippen LogP contribution < -0.4 is 19.5 Å². The Balaban J connectivity index is 1.65. The van der Waals surface area contributed by atoms with Crippen LogP contribution in [-0.2, 0) is 17.6 Å². The zero-order valence-electron chi connectivity index (χ0n) is 20.3. The topological polar surface area (TPSA) is 106 Å². The Labute approximate surface area is 214 Å². The minimum Gasteiger partial charge on any atom is -0.490 e. The van der Waals surface area contributed by atoms with E-state index < -0.39 is 5.91 Å². The zero-order chi connectivity index (χ0) is 25.8. The van der Waals surface area contributed by atoms with Crippen LogP contribution in [0.1, 0.15) is 30.0 Å². The van der Waals surface area contributed by atoms with Crippen LogP contribution in [0.25, 0.3) is 6.08 Å². The van der Waals surface area contributed by atoms with E-state index in [1.54, 1.807) is 18.2 Å². The lowest BCUT2D eigenvalue weighted by Crippen LogP contribution is -2.13. The van der Waals surface area contributed by atoms with E-state index in [-0.39, 0.29) is 5.57 Å². The molecule has 0 atom stereocenters. The Hall–Kier alpha value is -4.16. The summed E-state index contributed by atoms with van der Waals surface area (Å²) in [6, 6.07) is 15.0. The van der Waals surface area contributed by atoms with Crippen molar-refractivity contribution in [1.82, 2.24) is 10.2 Å². The van der Waals surface area contributed by atoms with E-state index in [4.69, 9.17) is 14.2 Å². The minimum atomic E-state index is -0.552. The number of para-hydroxylation sites is 1. The van der Waals surface area contributed by atoms with E-state index in [1.807, 2.05) is 50.3 Å². The van der Waals surface area contributed by atoms with Gasteiger partial charge in [0.05, 0.1) is 6.61 Å². The van der Waals surface area contributed by atoms with Gasteiger partial charge in [0.2, 0.25) is 5.13 Å². The van der Waals surface area contributed by atoms with Gasteiger partial charge in [0.15, 0.2) is 11.5 Å². The van der Waals surface area contributed by atoms with Crippen molar-refractivity contribution in [3.63, 3.8) is 0 Å². The number of amides is 1. The molecule has 1 N–H and O–H groups in total. The summed E-state index contributed by atoms with van der Waals surface area (Å²) in [6.07, 6.45) is 4.77. The van der Waals surface area contributed by atoms with Gasteiger partial charge in [-0.3, -0.25) is 10.1 Å². The number of nitrogens with one attached hydrogen (secondary N) is 1. The second kappa shape index (κ2) is 13.7. The minimum absolute atomic E-state index is 0.0639. The van der Waals surface area contributed by atoms with Crippen molar-refractivity contribution >= 4 is 28.5 Å². The number of carbonyl (C=O) groups is 1. The number of hydrogen-bond acceptors (Lipinski definition) is 8. The molecule has 0 spiro atoms.